The summed E-state index contributed by atoms with van der Waals surface area (Å²) >= 11 is 3.54. The summed E-state index contributed by atoms with van der Waals surface area (Å²) in [4.78, 5) is 38.0. The number of Topliss-reactive ketones (excluding diaryl/α,β-unsaturated/α-hetero) is 2. The van der Waals surface area contributed by atoms with Gasteiger partial charge >= 0.3 is 0 Å². The number of carbonyl (C=O) groups excluding carboxylic acids is 3. The summed E-state index contributed by atoms with van der Waals surface area (Å²) in [6.45, 7) is 5.04. The summed E-state index contributed by atoms with van der Waals surface area (Å²) < 4.78 is 0.901. The number of ketones is 2. The lowest BCUT2D eigenvalue weighted by Crippen LogP contribution is -2.43. The number of halogens is 1. The van der Waals surface area contributed by atoms with Gasteiger partial charge in [-0.3, -0.25) is 9.59 Å². The molecule has 1 aromatic carbocycles. The Balaban J connectivity index is 2.45. The molecule has 0 aliphatic carbocycles. The number of hydrogen-bond acceptors (Lipinski definition) is 3. The summed E-state index contributed by atoms with van der Waals surface area (Å²) in [5.74, 6) is -0.299. The molecule has 1 aliphatic rings. The molecule has 124 valence electrons. The zero-order valence-electron chi connectivity index (χ0n) is 13.8. The minimum absolute atomic E-state index is 0.0301. The first-order chi connectivity index (χ1) is 10.9. The van der Waals surface area contributed by atoms with Crippen molar-refractivity contribution in [1.82, 2.24) is 0 Å². The van der Waals surface area contributed by atoms with E-state index in [2.05, 4.69) is 15.9 Å². The van der Waals surface area contributed by atoms with Crippen LogP contribution < -0.4 is 4.90 Å². The van der Waals surface area contributed by atoms with E-state index in [1.54, 1.807) is 4.90 Å². The predicted molar refractivity (Wildman–Crippen MR) is 93.7 cm³/mol. The van der Waals surface area contributed by atoms with E-state index in [9.17, 15) is 14.4 Å². The average molecular weight is 380 g/mol. The minimum atomic E-state index is -0.568. The van der Waals surface area contributed by atoms with Crippen LogP contribution in [-0.2, 0) is 14.4 Å². The molecule has 0 aromatic heterocycles. The van der Waals surface area contributed by atoms with E-state index >= 15 is 0 Å². The molecule has 1 heterocycles. The maximum Gasteiger partial charge on any atom is 0.235 e. The van der Waals surface area contributed by atoms with Gasteiger partial charge in [-0.25, -0.2) is 0 Å². The summed E-state index contributed by atoms with van der Waals surface area (Å²) in [5.41, 5.74) is 1.76. The maximum atomic E-state index is 13.0. The fourth-order valence-corrected chi connectivity index (χ4v) is 3.85. The van der Waals surface area contributed by atoms with Gasteiger partial charge in [-0.15, -0.1) is 0 Å². The van der Waals surface area contributed by atoms with Gasteiger partial charge in [0.2, 0.25) is 5.91 Å². The van der Waals surface area contributed by atoms with E-state index < -0.39 is 6.04 Å². The summed E-state index contributed by atoms with van der Waals surface area (Å²) in [6.07, 6.45) is 2.32. The Bertz CT molecular complexity index is 641. The van der Waals surface area contributed by atoms with Gasteiger partial charge in [0.15, 0.2) is 5.78 Å². The third kappa shape index (κ3) is 3.55. The highest BCUT2D eigenvalue weighted by molar-refractivity contribution is 9.10. The van der Waals surface area contributed by atoms with Crippen molar-refractivity contribution in [2.24, 2.45) is 0 Å². The number of amides is 1. The van der Waals surface area contributed by atoms with E-state index in [-0.39, 0.29) is 23.4 Å². The van der Waals surface area contributed by atoms with E-state index in [1.165, 1.54) is 13.8 Å². The van der Waals surface area contributed by atoms with Crippen LogP contribution in [0.5, 0.6) is 0 Å². The SMILES string of the molecule is CCCC1C(=O)N(C(CCC(C)=O)C(C)=O)c2cccc(Br)c21. The number of nitrogens with zero attached hydrogens (tertiary/aromatic N) is 1. The number of carbonyl (C=O) groups is 3. The molecule has 0 spiro atoms. The van der Waals surface area contributed by atoms with Gasteiger partial charge in [0.1, 0.15) is 5.78 Å². The van der Waals surface area contributed by atoms with E-state index in [0.717, 1.165) is 28.6 Å². The highest BCUT2D eigenvalue weighted by atomic mass is 79.9. The van der Waals surface area contributed by atoms with Crippen molar-refractivity contribution in [3.8, 4) is 0 Å². The maximum absolute atomic E-state index is 13.0. The van der Waals surface area contributed by atoms with Crippen LogP contribution in [0.3, 0.4) is 0 Å². The standard InChI is InChI=1S/C18H22BrNO3/c1-4-6-13-17-14(19)7-5-8-16(17)20(18(13)23)15(12(3)22)10-9-11(2)21/h5,7-8,13,15H,4,6,9-10H2,1-3H3. The summed E-state index contributed by atoms with van der Waals surface area (Å²) in [5, 5.41) is 0. The number of rotatable bonds is 7. The van der Waals surface area contributed by atoms with E-state index in [4.69, 9.17) is 0 Å². The third-order valence-corrected chi connectivity index (χ3v) is 4.99. The van der Waals surface area contributed by atoms with Crippen LogP contribution >= 0.6 is 15.9 Å². The van der Waals surface area contributed by atoms with Gasteiger partial charge in [-0.2, -0.15) is 0 Å². The van der Waals surface area contributed by atoms with Crippen LogP contribution in [0.25, 0.3) is 0 Å². The monoisotopic (exact) mass is 379 g/mol. The van der Waals surface area contributed by atoms with Gasteiger partial charge in [-0.05, 0) is 38.8 Å². The van der Waals surface area contributed by atoms with Gasteiger partial charge in [-0.1, -0.05) is 35.3 Å². The Morgan fingerprint density at radius 3 is 2.57 bits per heavy atom. The fraction of sp³-hybridized carbons (Fsp3) is 0.500. The summed E-state index contributed by atoms with van der Waals surface area (Å²) in [6, 6.07) is 5.12. The molecule has 0 bridgehead atoms. The molecule has 2 unspecified atom stereocenters. The molecule has 2 rings (SSSR count). The average Bonchev–Trinajstić information content (AvgIpc) is 2.74. The molecule has 0 saturated carbocycles. The molecule has 4 nitrogen and oxygen atoms in total. The van der Waals surface area contributed by atoms with Crippen LogP contribution in [0.4, 0.5) is 5.69 Å². The van der Waals surface area contributed by atoms with E-state index in [0.29, 0.717) is 12.8 Å². The van der Waals surface area contributed by atoms with Gasteiger partial charge in [0.25, 0.3) is 0 Å². The van der Waals surface area contributed by atoms with Gasteiger partial charge in [0.05, 0.1) is 12.0 Å². The minimum Gasteiger partial charge on any atom is -0.301 e. The third-order valence-electron chi connectivity index (χ3n) is 4.30. The van der Waals surface area contributed by atoms with Gasteiger partial charge < -0.3 is 9.69 Å². The first-order valence-electron chi connectivity index (χ1n) is 7.99. The van der Waals surface area contributed by atoms with Crippen LogP contribution in [-0.4, -0.2) is 23.5 Å². The molecular weight excluding hydrogens is 358 g/mol. The predicted octanol–water partition coefficient (Wildman–Crippen LogP) is 4.01. The molecule has 2 atom stereocenters. The highest BCUT2D eigenvalue weighted by Gasteiger charge is 2.42. The second-order valence-electron chi connectivity index (χ2n) is 6.09. The quantitative estimate of drug-likeness (QED) is 0.718. The van der Waals surface area contributed by atoms with E-state index in [1.807, 2.05) is 25.1 Å². The number of anilines is 1. The Kier molecular flexibility index (Phi) is 5.74. The van der Waals surface area contributed by atoms with Crippen molar-refractivity contribution in [1.29, 1.82) is 0 Å². The molecule has 1 aromatic rings. The van der Waals surface area contributed by atoms with Crippen LogP contribution in [0.2, 0.25) is 0 Å². The molecule has 23 heavy (non-hydrogen) atoms. The van der Waals surface area contributed by atoms with Crippen molar-refractivity contribution < 1.29 is 14.4 Å². The van der Waals surface area contributed by atoms with Crippen molar-refractivity contribution >= 4 is 39.1 Å². The second-order valence-corrected chi connectivity index (χ2v) is 6.94. The van der Waals surface area contributed by atoms with Gasteiger partial charge in [0, 0.05) is 22.1 Å². The second kappa shape index (κ2) is 7.39. The molecule has 0 saturated heterocycles. The first-order valence-corrected chi connectivity index (χ1v) is 8.79. The highest BCUT2D eigenvalue weighted by Crippen LogP contribution is 2.45. The van der Waals surface area contributed by atoms with Crippen LogP contribution in [0, 0.1) is 0 Å². The molecule has 1 aliphatic heterocycles. The lowest BCUT2D eigenvalue weighted by molar-refractivity contribution is -0.125. The summed E-state index contributed by atoms with van der Waals surface area (Å²) in [7, 11) is 0. The number of benzene rings is 1. The zero-order valence-corrected chi connectivity index (χ0v) is 15.4. The molecule has 0 N–H and O–H groups in total. The lowest BCUT2D eigenvalue weighted by Gasteiger charge is -2.27. The normalized spacial score (nSPS) is 18.0. The number of fused-ring (bicyclic) bond motifs is 1. The molecule has 5 heteroatoms. The van der Waals surface area contributed by atoms with Crippen molar-refractivity contribution in [3.63, 3.8) is 0 Å². The Labute approximate surface area is 145 Å². The molecule has 0 radical (unpaired) electrons. The van der Waals surface area contributed by atoms with Crippen molar-refractivity contribution in [2.75, 3.05) is 4.90 Å². The lowest BCUT2D eigenvalue weighted by atomic mass is 9.96. The van der Waals surface area contributed by atoms with Crippen molar-refractivity contribution in [3.05, 3.63) is 28.2 Å². The topological polar surface area (TPSA) is 54.5 Å². The largest absolute Gasteiger partial charge is 0.301 e. The molecule has 0 fully saturated rings. The number of hydrogen-bond donors (Lipinski definition) is 0. The Morgan fingerprint density at radius 1 is 1.30 bits per heavy atom. The zero-order chi connectivity index (χ0) is 17.1. The molecule has 1 amide bonds. The van der Waals surface area contributed by atoms with Crippen LogP contribution in [0.1, 0.15) is 57.9 Å². The smallest absolute Gasteiger partial charge is 0.235 e. The van der Waals surface area contributed by atoms with Crippen molar-refractivity contribution in [2.45, 2.75) is 58.4 Å². The molecular formula is C18H22BrNO3. The fourth-order valence-electron chi connectivity index (χ4n) is 3.22. The Hall–Kier alpha value is -1.49. The van der Waals surface area contributed by atoms with Crippen LogP contribution in [0.15, 0.2) is 22.7 Å². The first kappa shape index (κ1) is 17.9. The Morgan fingerprint density at radius 2 is 2.00 bits per heavy atom.